The number of unbranched alkanes of at least 4 members (excludes halogenated alkanes) is 2. The Labute approximate surface area is 114 Å². The molecular formula is C15H18O3S. The highest BCUT2D eigenvalue weighted by Gasteiger charge is 2.22. The van der Waals surface area contributed by atoms with E-state index in [9.17, 15) is 13.0 Å². The Morgan fingerprint density at radius 3 is 2.37 bits per heavy atom. The first-order valence-corrected chi connectivity index (χ1v) is 7.96. The van der Waals surface area contributed by atoms with Crippen molar-refractivity contribution in [2.75, 3.05) is 0 Å². The molecule has 0 aromatic carbocycles. The standard InChI is InChI=1S/C15H18O3S/c1-2-3-5-8-12-11-15(19(16,17)18)14-10-7-4-6-9-13(12)14/h4,6-7,9-11H,2-3,5,8H2,1H3,(H,16,17,18). The van der Waals surface area contributed by atoms with Gasteiger partial charge in [-0.05, 0) is 30.0 Å². The van der Waals surface area contributed by atoms with Gasteiger partial charge in [0.15, 0.2) is 0 Å². The summed E-state index contributed by atoms with van der Waals surface area (Å²) in [5, 5.41) is 0. The fraction of sp³-hybridized carbons (Fsp3) is 0.333. The van der Waals surface area contributed by atoms with Gasteiger partial charge in [0.2, 0.25) is 0 Å². The summed E-state index contributed by atoms with van der Waals surface area (Å²) in [4.78, 5) is 0.0187. The molecule has 1 N–H and O–H groups in total. The summed E-state index contributed by atoms with van der Waals surface area (Å²) in [5.74, 6) is 0. The van der Waals surface area contributed by atoms with Gasteiger partial charge in [-0.1, -0.05) is 50.1 Å². The van der Waals surface area contributed by atoms with E-state index in [0.717, 1.165) is 36.8 Å². The number of hydrogen-bond donors (Lipinski definition) is 1. The maximum absolute atomic E-state index is 11.4. The average molecular weight is 278 g/mol. The summed E-state index contributed by atoms with van der Waals surface area (Å²) in [6.45, 7) is 2.13. The van der Waals surface area contributed by atoms with Crippen LogP contribution in [0, 0.1) is 0 Å². The van der Waals surface area contributed by atoms with Gasteiger partial charge in [0.25, 0.3) is 10.1 Å². The summed E-state index contributed by atoms with van der Waals surface area (Å²) in [5.41, 5.74) is 2.50. The molecule has 0 amide bonds. The fourth-order valence-corrected chi connectivity index (χ4v) is 3.09. The molecule has 2 aliphatic carbocycles. The maximum atomic E-state index is 11.4. The molecule has 19 heavy (non-hydrogen) atoms. The summed E-state index contributed by atoms with van der Waals surface area (Å²) in [6, 6.07) is 10.8. The van der Waals surface area contributed by atoms with E-state index < -0.39 is 10.1 Å². The van der Waals surface area contributed by atoms with Gasteiger partial charge in [-0.3, -0.25) is 4.55 Å². The van der Waals surface area contributed by atoms with Crippen LogP contribution in [-0.4, -0.2) is 13.0 Å². The maximum Gasteiger partial charge on any atom is 0.295 e. The van der Waals surface area contributed by atoms with Crippen LogP contribution >= 0.6 is 0 Å². The van der Waals surface area contributed by atoms with Crippen molar-refractivity contribution in [3.05, 3.63) is 42.0 Å². The molecule has 0 atom stereocenters. The highest BCUT2D eigenvalue weighted by atomic mass is 32.2. The van der Waals surface area contributed by atoms with Crippen LogP contribution in [0.1, 0.15) is 31.7 Å². The van der Waals surface area contributed by atoms with Gasteiger partial charge < -0.3 is 0 Å². The van der Waals surface area contributed by atoms with E-state index in [4.69, 9.17) is 0 Å². The van der Waals surface area contributed by atoms with Crippen molar-refractivity contribution in [2.24, 2.45) is 0 Å². The van der Waals surface area contributed by atoms with Gasteiger partial charge in [0, 0.05) is 5.56 Å². The van der Waals surface area contributed by atoms with Crippen LogP contribution in [0.5, 0.6) is 0 Å². The Morgan fingerprint density at radius 2 is 1.74 bits per heavy atom. The third kappa shape index (κ3) is 3.14. The Balaban J connectivity index is 2.49. The molecule has 0 fully saturated rings. The largest absolute Gasteiger partial charge is 0.295 e. The zero-order chi connectivity index (χ0) is 13.9. The summed E-state index contributed by atoms with van der Waals surface area (Å²) in [7, 11) is -4.17. The van der Waals surface area contributed by atoms with Crippen molar-refractivity contribution < 1.29 is 13.0 Å². The van der Waals surface area contributed by atoms with Crippen LogP contribution in [0.3, 0.4) is 0 Å². The van der Waals surface area contributed by atoms with Crippen LogP contribution in [0.15, 0.2) is 41.3 Å². The van der Waals surface area contributed by atoms with Crippen LogP contribution in [-0.2, 0) is 16.5 Å². The lowest BCUT2D eigenvalue weighted by Gasteiger charge is -2.01. The summed E-state index contributed by atoms with van der Waals surface area (Å²) < 4.78 is 32.2. The first-order chi connectivity index (χ1) is 9.04. The van der Waals surface area contributed by atoms with E-state index in [-0.39, 0.29) is 4.90 Å². The Bertz CT molecular complexity index is 632. The average Bonchev–Trinajstić information content (AvgIpc) is 2.54. The third-order valence-electron chi connectivity index (χ3n) is 3.28. The SMILES string of the molecule is CCCCCc1cc(S(=O)(=O)O)c2cccccc1-2. The number of fused-ring (bicyclic) bond motifs is 1. The normalized spacial score (nSPS) is 11.9. The number of aryl methyl sites for hydroxylation is 1. The van der Waals surface area contributed by atoms with Crippen molar-refractivity contribution in [3.63, 3.8) is 0 Å². The van der Waals surface area contributed by atoms with Crippen molar-refractivity contribution in [1.82, 2.24) is 0 Å². The van der Waals surface area contributed by atoms with Crippen LogP contribution in [0.4, 0.5) is 0 Å². The third-order valence-corrected chi connectivity index (χ3v) is 4.18. The van der Waals surface area contributed by atoms with E-state index in [1.807, 2.05) is 18.2 Å². The molecule has 0 aromatic heterocycles. The van der Waals surface area contributed by atoms with Crippen LogP contribution in [0.25, 0.3) is 11.1 Å². The number of rotatable bonds is 5. The lowest BCUT2D eigenvalue weighted by atomic mass is 10.0. The Kier molecular flexibility index (Phi) is 4.22. The minimum absolute atomic E-state index is 0.0187. The minimum atomic E-state index is -4.17. The van der Waals surface area contributed by atoms with Gasteiger partial charge in [-0.25, -0.2) is 0 Å². The molecule has 0 aromatic rings. The minimum Gasteiger partial charge on any atom is -0.282 e. The second-order valence-corrected chi connectivity index (χ2v) is 6.09. The smallest absolute Gasteiger partial charge is 0.282 e. The monoisotopic (exact) mass is 278 g/mol. The van der Waals surface area contributed by atoms with Gasteiger partial charge in [0.05, 0.1) is 0 Å². The zero-order valence-corrected chi connectivity index (χ0v) is 11.8. The molecule has 0 spiro atoms. The second kappa shape index (κ2) is 5.72. The first kappa shape index (κ1) is 14.0. The summed E-state index contributed by atoms with van der Waals surface area (Å²) >= 11 is 0. The van der Waals surface area contributed by atoms with Crippen LogP contribution in [0.2, 0.25) is 0 Å². The molecule has 2 rings (SSSR count). The highest BCUT2D eigenvalue weighted by molar-refractivity contribution is 7.86. The van der Waals surface area contributed by atoms with Gasteiger partial charge in [-0.15, -0.1) is 0 Å². The lowest BCUT2D eigenvalue weighted by molar-refractivity contribution is 0.484. The van der Waals surface area contributed by atoms with Crippen molar-refractivity contribution in [2.45, 2.75) is 37.5 Å². The van der Waals surface area contributed by atoms with Crippen LogP contribution < -0.4 is 0 Å². The quantitative estimate of drug-likeness (QED) is 0.669. The van der Waals surface area contributed by atoms with Crippen molar-refractivity contribution in [3.8, 4) is 11.1 Å². The molecule has 4 heteroatoms. The predicted molar refractivity (Wildman–Crippen MR) is 76.1 cm³/mol. The van der Waals surface area contributed by atoms with Gasteiger partial charge in [0.1, 0.15) is 4.90 Å². The molecule has 0 heterocycles. The van der Waals surface area contributed by atoms with E-state index in [1.165, 1.54) is 0 Å². The topological polar surface area (TPSA) is 54.4 Å². The van der Waals surface area contributed by atoms with E-state index in [0.29, 0.717) is 5.56 Å². The first-order valence-electron chi connectivity index (χ1n) is 6.52. The van der Waals surface area contributed by atoms with Gasteiger partial charge >= 0.3 is 0 Å². The highest BCUT2D eigenvalue weighted by Crippen LogP contribution is 2.35. The second-order valence-electron chi connectivity index (χ2n) is 4.70. The Morgan fingerprint density at radius 1 is 1.05 bits per heavy atom. The molecule has 102 valence electrons. The van der Waals surface area contributed by atoms with E-state index >= 15 is 0 Å². The number of hydrogen-bond acceptors (Lipinski definition) is 2. The summed E-state index contributed by atoms with van der Waals surface area (Å²) in [6.07, 6.45) is 4.10. The Hall–Kier alpha value is -1.39. The zero-order valence-electron chi connectivity index (χ0n) is 11.0. The van der Waals surface area contributed by atoms with E-state index in [1.54, 1.807) is 18.2 Å². The predicted octanol–water partition coefficient (Wildman–Crippen LogP) is 3.77. The molecule has 0 saturated heterocycles. The molecule has 3 nitrogen and oxygen atoms in total. The van der Waals surface area contributed by atoms with Crippen molar-refractivity contribution >= 4 is 10.1 Å². The van der Waals surface area contributed by atoms with Crippen molar-refractivity contribution in [1.29, 1.82) is 0 Å². The van der Waals surface area contributed by atoms with Gasteiger partial charge in [-0.2, -0.15) is 8.42 Å². The molecule has 0 bridgehead atoms. The molecular weight excluding hydrogens is 260 g/mol. The molecule has 0 saturated carbocycles. The molecule has 0 unspecified atom stereocenters. The molecule has 0 radical (unpaired) electrons. The fourth-order valence-electron chi connectivity index (χ4n) is 2.34. The molecule has 0 aliphatic heterocycles. The van der Waals surface area contributed by atoms with E-state index in [2.05, 4.69) is 6.92 Å². The molecule has 2 aliphatic rings. The lowest BCUT2D eigenvalue weighted by Crippen LogP contribution is -1.96.